The van der Waals surface area contributed by atoms with E-state index in [1.807, 2.05) is 32.0 Å². The molecule has 1 saturated heterocycles. The van der Waals surface area contributed by atoms with E-state index in [2.05, 4.69) is 16.0 Å². The van der Waals surface area contributed by atoms with Crippen LogP contribution in [0.25, 0.3) is 0 Å². The van der Waals surface area contributed by atoms with Gasteiger partial charge in [-0.3, -0.25) is 4.79 Å². The van der Waals surface area contributed by atoms with Crippen molar-refractivity contribution in [3.8, 4) is 11.5 Å². The number of ether oxygens (including phenoxy) is 2. The van der Waals surface area contributed by atoms with E-state index >= 15 is 0 Å². The van der Waals surface area contributed by atoms with Crippen molar-refractivity contribution in [1.29, 1.82) is 0 Å². The van der Waals surface area contributed by atoms with Gasteiger partial charge in [-0.25, -0.2) is 4.79 Å². The molecule has 124 valence electrons. The average Bonchev–Trinajstić information content (AvgIpc) is 3.05. The highest BCUT2D eigenvalue weighted by Crippen LogP contribution is 2.41. The van der Waals surface area contributed by atoms with E-state index in [9.17, 15) is 9.59 Å². The molecule has 1 fully saturated rings. The Labute approximate surface area is 134 Å². The minimum absolute atomic E-state index is 0.219. The summed E-state index contributed by atoms with van der Waals surface area (Å²) in [5.41, 5.74) is 0.917. The van der Waals surface area contributed by atoms with Gasteiger partial charge in [0.05, 0.1) is 6.54 Å². The van der Waals surface area contributed by atoms with Crippen LogP contribution in [0.1, 0.15) is 19.4 Å². The van der Waals surface area contributed by atoms with Crippen molar-refractivity contribution >= 4 is 11.9 Å². The van der Waals surface area contributed by atoms with Crippen molar-refractivity contribution in [3.63, 3.8) is 0 Å². The lowest BCUT2D eigenvalue weighted by molar-refractivity contribution is -0.122. The molecule has 1 aromatic rings. The minimum atomic E-state index is -0.521. The van der Waals surface area contributed by atoms with E-state index in [1.165, 1.54) is 0 Å². The highest BCUT2D eigenvalue weighted by molar-refractivity contribution is 5.90. The Morgan fingerprint density at radius 2 is 2.30 bits per heavy atom. The summed E-state index contributed by atoms with van der Waals surface area (Å²) in [4.78, 5) is 22.8. The number of urea groups is 1. The summed E-state index contributed by atoms with van der Waals surface area (Å²) in [7, 11) is 0. The van der Waals surface area contributed by atoms with Crippen LogP contribution in [0.4, 0.5) is 4.79 Å². The first kappa shape index (κ1) is 15.5. The maximum Gasteiger partial charge on any atom is 0.315 e. The Morgan fingerprint density at radius 1 is 1.48 bits per heavy atom. The number of hydrogen-bond acceptors (Lipinski definition) is 4. The second-order valence-electron chi connectivity index (χ2n) is 6.33. The Bertz CT molecular complexity index is 630. The van der Waals surface area contributed by atoms with E-state index in [-0.39, 0.29) is 17.5 Å². The predicted octanol–water partition coefficient (Wildman–Crippen LogP) is 0.577. The van der Waals surface area contributed by atoms with Crippen molar-refractivity contribution < 1.29 is 19.1 Å². The molecule has 0 aromatic heterocycles. The zero-order valence-electron chi connectivity index (χ0n) is 13.3. The molecule has 0 spiro atoms. The molecule has 1 aromatic carbocycles. The maximum atomic E-state index is 11.8. The molecule has 0 bridgehead atoms. The smallest absolute Gasteiger partial charge is 0.315 e. The molecule has 3 amide bonds. The zero-order valence-corrected chi connectivity index (χ0v) is 13.3. The van der Waals surface area contributed by atoms with Gasteiger partial charge in [0.2, 0.25) is 5.91 Å². The standard InChI is InChI=1S/C16H21N3O4/c1-16(2)8-10-4-3-5-12(13(10)23-16)22-7-6-17-14(20)11-9-18-15(21)19-11/h3-5,11H,6-9H2,1-2H3,(H,17,20)(H2,18,19,21)/t11-/m1/s1. The number of benzene rings is 1. The van der Waals surface area contributed by atoms with Gasteiger partial charge in [-0.1, -0.05) is 12.1 Å². The average molecular weight is 319 g/mol. The van der Waals surface area contributed by atoms with Crippen molar-refractivity contribution in [2.75, 3.05) is 19.7 Å². The highest BCUT2D eigenvalue weighted by Gasteiger charge is 2.32. The van der Waals surface area contributed by atoms with Gasteiger partial charge >= 0.3 is 6.03 Å². The van der Waals surface area contributed by atoms with Gasteiger partial charge in [-0.15, -0.1) is 0 Å². The molecule has 3 N–H and O–H groups in total. The number of carbonyl (C=O) groups is 2. The van der Waals surface area contributed by atoms with Crippen LogP contribution in [0.2, 0.25) is 0 Å². The first-order valence-electron chi connectivity index (χ1n) is 7.70. The summed E-state index contributed by atoms with van der Waals surface area (Å²) < 4.78 is 11.7. The van der Waals surface area contributed by atoms with Gasteiger partial charge < -0.3 is 25.4 Å². The number of amides is 3. The SMILES string of the molecule is CC1(C)Cc2cccc(OCCNC(=O)[C@H]3CNC(=O)N3)c2O1. The molecular formula is C16H21N3O4. The van der Waals surface area contributed by atoms with Crippen molar-refractivity contribution in [2.24, 2.45) is 0 Å². The lowest BCUT2D eigenvalue weighted by atomic mass is 10.0. The van der Waals surface area contributed by atoms with E-state index in [4.69, 9.17) is 9.47 Å². The molecule has 23 heavy (non-hydrogen) atoms. The van der Waals surface area contributed by atoms with E-state index in [0.29, 0.717) is 25.4 Å². The molecule has 7 heteroatoms. The molecule has 0 aliphatic carbocycles. The molecule has 0 radical (unpaired) electrons. The summed E-state index contributed by atoms with van der Waals surface area (Å²) in [6.07, 6.45) is 0.852. The van der Waals surface area contributed by atoms with Crippen molar-refractivity contribution in [3.05, 3.63) is 23.8 Å². The van der Waals surface area contributed by atoms with Crippen LogP contribution in [0, 0.1) is 0 Å². The van der Waals surface area contributed by atoms with Gasteiger partial charge in [0.15, 0.2) is 11.5 Å². The minimum Gasteiger partial charge on any atom is -0.488 e. The number of nitrogens with one attached hydrogen (secondary N) is 3. The van der Waals surface area contributed by atoms with Crippen LogP contribution in [0.3, 0.4) is 0 Å². The maximum absolute atomic E-state index is 11.8. The van der Waals surface area contributed by atoms with Crippen LogP contribution < -0.4 is 25.4 Å². The summed E-state index contributed by atoms with van der Waals surface area (Å²) in [5.74, 6) is 1.26. The normalized spacial score (nSPS) is 21.0. The van der Waals surface area contributed by atoms with Gasteiger partial charge in [0.1, 0.15) is 18.2 Å². The quantitative estimate of drug-likeness (QED) is 0.693. The third-order valence-corrected chi connectivity index (χ3v) is 3.80. The van der Waals surface area contributed by atoms with Gasteiger partial charge in [-0.05, 0) is 19.9 Å². The van der Waals surface area contributed by atoms with Crippen LogP contribution in [0.15, 0.2) is 18.2 Å². The molecule has 2 aliphatic heterocycles. The Morgan fingerprint density at radius 3 is 3.04 bits per heavy atom. The van der Waals surface area contributed by atoms with E-state index in [0.717, 1.165) is 17.7 Å². The third kappa shape index (κ3) is 3.49. The zero-order chi connectivity index (χ0) is 16.4. The number of para-hydroxylation sites is 1. The third-order valence-electron chi connectivity index (χ3n) is 3.80. The molecular weight excluding hydrogens is 298 g/mol. The van der Waals surface area contributed by atoms with E-state index < -0.39 is 6.04 Å². The molecule has 0 saturated carbocycles. The van der Waals surface area contributed by atoms with Gasteiger partial charge in [0.25, 0.3) is 0 Å². The summed E-state index contributed by atoms with van der Waals surface area (Å²) >= 11 is 0. The molecule has 3 rings (SSSR count). The summed E-state index contributed by atoms with van der Waals surface area (Å²) in [6.45, 7) is 5.08. The monoisotopic (exact) mass is 319 g/mol. The second kappa shape index (κ2) is 5.98. The first-order chi connectivity index (χ1) is 10.9. The number of fused-ring (bicyclic) bond motifs is 1. The van der Waals surface area contributed by atoms with Gasteiger partial charge in [0, 0.05) is 18.5 Å². The van der Waals surface area contributed by atoms with Gasteiger partial charge in [-0.2, -0.15) is 0 Å². The highest BCUT2D eigenvalue weighted by atomic mass is 16.5. The fourth-order valence-electron chi connectivity index (χ4n) is 2.77. The summed E-state index contributed by atoms with van der Waals surface area (Å²) in [6, 6.07) is 5.00. The topological polar surface area (TPSA) is 88.7 Å². The fraction of sp³-hybridized carbons (Fsp3) is 0.500. The largest absolute Gasteiger partial charge is 0.488 e. The van der Waals surface area contributed by atoms with Crippen LogP contribution >= 0.6 is 0 Å². The number of rotatable bonds is 5. The second-order valence-corrected chi connectivity index (χ2v) is 6.33. The van der Waals surface area contributed by atoms with Crippen LogP contribution in [-0.4, -0.2) is 43.3 Å². The first-order valence-corrected chi connectivity index (χ1v) is 7.70. The van der Waals surface area contributed by atoms with Crippen LogP contribution in [-0.2, 0) is 11.2 Å². The predicted molar refractivity (Wildman–Crippen MR) is 83.7 cm³/mol. The molecule has 2 aliphatic rings. The Balaban J connectivity index is 1.48. The fourth-order valence-corrected chi connectivity index (χ4v) is 2.77. The molecule has 1 atom stereocenters. The summed E-state index contributed by atoms with van der Waals surface area (Å²) in [5, 5.41) is 7.82. The lowest BCUT2D eigenvalue weighted by Gasteiger charge is -2.18. The van der Waals surface area contributed by atoms with Crippen LogP contribution in [0.5, 0.6) is 11.5 Å². The molecule has 0 unspecified atom stereocenters. The van der Waals surface area contributed by atoms with Crippen molar-refractivity contribution in [1.82, 2.24) is 16.0 Å². The lowest BCUT2D eigenvalue weighted by Crippen LogP contribution is -2.44. The van der Waals surface area contributed by atoms with Crippen molar-refractivity contribution in [2.45, 2.75) is 31.9 Å². The molecule has 7 nitrogen and oxygen atoms in total. The Hall–Kier alpha value is -2.44. The van der Waals surface area contributed by atoms with E-state index in [1.54, 1.807) is 0 Å². The number of hydrogen-bond donors (Lipinski definition) is 3. The molecule has 2 heterocycles. The Kier molecular flexibility index (Phi) is 4.02. The number of carbonyl (C=O) groups excluding carboxylic acids is 2.